The molecule has 0 saturated carbocycles. The van der Waals surface area contributed by atoms with E-state index in [9.17, 15) is 4.79 Å². The Morgan fingerprint density at radius 3 is 2.48 bits per heavy atom. The van der Waals surface area contributed by atoms with Gasteiger partial charge in [0.25, 0.3) is 5.91 Å². The second-order valence-corrected chi connectivity index (χ2v) is 7.37. The van der Waals surface area contributed by atoms with E-state index in [0.29, 0.717) is 17.8 Å². The van der Waals surface area contributed by atoms with Crippen molar-refractivity contribution in [2.75, 3.05) is 19.6 Å². The second-order valence-electron chi connectivity index (χ2n) is 7.37. The number of carbonyl (C=O) groups excluding carboxylic acids is 1. The molecule has 0 aliphatic carbocycles. The minimum atomic E-state index is -0.0536. The Hall–Kier alpha value is -1.35. The van der Waals surface area contributed by atoms with Crippen LogP contribution in [0.2, 0.25) is 0 Å². The quantitative estimate of drug-likeness (QED) is 0.906. The SMILES string of the molecule is CC(C)c1ccc(C(=O)N2CC3CNCC3C2(C)C)cc1. The number of fused-ring (bicyclic) bond motifs is 1. The summed E-state index contributed by atoms with van der Waals surface area (Å²) in [6.07, 6.45) is 0. The molecule has 0 radical (unpaired) electrons. The van der Waals surface area contributed by atoms with E-state index in [1.165, 1.54) is 5.56 Å². The van der Waals surface area contributed by atoms with Crippen LogP contribution in [-0.2, 0) is 0 Å². The lowest BCUT2D eigenvalue weighted by molar-refractivity contribution is 0.0603. The fourth-order valence-corrected chi connectivity index (χ4v) is 3.93. The average molecular weight is 286 g/mol. The predicted molar refractivity (Wildman–Crippen MR) is 85.5 cm³/mol. The summed E-state index contributed by atoms with van der Waals surface area (Å²) in [7, 11) is 0. The van der Waals surface area contributed by atoms with Gasteiger partial charge in [0.05, 0.1) is 0 Å². The van der Waals surface area contributed by atoms with Gasteiger partial charge in [0.1, 0.15) is 0 Å². The van der Waals surface area contributed by atoms with E-state index in [1.54, 1.807) is 0 Å². The van der Waals surface area contributed by atoms with Crippen LogP contribution in [0.15, 0.2) is 24.3 Å². The normalized spacial score (nSPS) is 27.2. The first-order chi connectivity index (χ1) is 9.91. The van der Waals surface area contributed by atoms with Crippen LogP contribution < -0.4 is 5.32 Å². The summed E-state index contributed by atoms with van der Waals surface area (Å²) in [5.74, 6) is 1.88. The lowest BCUT2D eigenvalue weighted by atomic mass is 9.84. The third-order valence-electron chi connectivity index (χ3n) is 5.43. The van der Waals surface area contributed by atoms with E-state index in [1.807, 2.05) is 12.1 Å². The molecule has 114 valence electrons. The van der Waals surface area contributed by atoms with Crippen molar-refractivity contribution in [3.8, 4) is 0 Å². The Balaban J connectivity index is 1.82. The van der Waals surface area contributed by atoms with Gasteiger partial charge in [-0.25, -0.2) is 0 Å². The zero-order chi connectivity index (χ0) is 15.2. The van der Waals surface area contributed by atoms with Crippen LogP contribution in [0, 0.1) is 11.8 Å². The summed E-state index contributed by atoms with van der Waals surface area (Å²) in [4.78, 5) is 15.0. The molecule has 3 heteroatoms. The van der Waals surface area contributed by atoms with Crippen molar-refractivity contribution in [1.29, 1.82) is 0 Å². The van der Waals surface area contributed by atoms with Gasteiger partial charge < -0.3 is 10.2 Å². The first-order valence-corrected chi connectivity index (χ1v) is 8.04. The lowest BCUT2D eigenvalue weighted by Crippen LogP contribution is -2.47. The summed E-state index contributed by atoms with van der Waals surface area (Å²) in [6.45, 7) is 11.7. The van der Waals surface area contributed by atoms with Gasteiger partial charge >= 0.3 is 0 Å². The van der Waals surface area contributed by atoms with E-state index < -0.39 is 0 Å². The van der Waals surface area contributed by atoms with Crippen LogP contribution in [0.5, 0.6) is 0 Å². The fraction of sp³-hybridized carbons (Fsp3) is 0.611. The highest BCUT2D eigenvalue weighted by molar-refractivity contribution is 5.95. The highest BCUT2D eigenvalue weighted by atomic mass is 16.2. The lowest BCUT2D eigenvalue weighted by Gasteiger charge is -2.35. The monoisotopic (exact) mass is 286 g/mol. The third kappa shape index (κ3) is 2.38. The van der Waals surface area contributed by atoms with Gasteiger partial charge in [-0.2, -0.15) is 0 Å². The molecule has 0 spiro atoms. The number of nitrogens with one attached hydrogen (secondary N) is 1. The molecule has 2 aliphatic heterocycles. The Bertz CT molecular complexity index is 533. The number of hydrogen-bond acceptors (Lipinski definition) is 2. The molecule has 3 rings (SSSR count). The molecule has 2 saturated heterocycles. The second kappa shape index (κ2) is 5.13. The van der Waals surface area contributed by atoms with Gasteiger partial charge in [0, 0.05) is 30.7 Å². The minimum Gasteiger partial charge on any atom is -0.333 e. The molecule has 1 aromatic carbocycles. The molecule has 2 heterocycles. The maximum atomic E-state index is 12.9. The maximum Gasteiger partial charge on any atom is 0.254 e. The number of likely N-dealkylation sites (tertiary alicyclic amines) is 1. The van der Waals surface area contributed by atoms with Gasteiger partial charge in [-0.1, -0.05) is 26.0 Å². The number of nitrogens with zero attached hydrogens (tertiary/aromatic N) is 1. The predicted octanol–water partition coefficient (Wildman–Crippen LogP) is 2.88. The molecule has 0 bridgehead atoms. The summed E-state index contributed by atoms with van der Waals surface area (Å²) in [6, 6.07) is 8.15. The Morgan fingerprint density at radius 2 is 1.90 bits per heavy atom. The zero-order valence-electron chi connectivity index (χ0n) is 13.5. The van der Waals surface area contributed by atoms with Gasteiger partial charge in [0.15, 0.2) is 0 Å². The molecule has 3 nitrogen and oxygen atoms in total. The highest BCUT2D eigenvalue weighted by Crippen LogP contribution is 2.41. The van der Waals surface area contributed by atoms with Gasteiger partial charge in [-0.15, -0.1) is 0 Å². The van der Waals surface area contributed by atoms with Crippen LogP contribution in [0.3, 0.4) is 0 Å². The van der Waals surface area contributed by atoms with Crippen LogP contribution in [-0.4, -0.2) is 36.0 Å². The Morgan fingerprint density at radius 1 is 1.24 bits per heavy atom. The summed E-state index contributed by atoms with van der Waals surface area (Å²) >= 11 is 0. The molecule has 1 N–H and O–H groups in total. The molecule has 2 fully saturated rings. The van der Waals surface area contributed by atoms with Crippen molar-refractivity contribution in [1.82, 2.24) is 10.2 Å². The standard InChI is InChI=1S/C18H26N2O/c1-12(2)13-5-7-14(8-6-13)17(21)20-11-15-9-19-10-16(15)18(20,3)4/h5-8,12,15-16,19H,9-11H2,1-4H3. The first kappa shape index (κ1) is 14.6. The smallest absolute Gasteiger partial charge is 0.254 e. The summed E-state index contributed by atoms with van der Waals surface area (Å²) < 4.78 is 0. The minimum absolute atomic E-state index is 0.0536. The number of hydrogen-bond donors (Lipinski definition) is 1. The van der Waals surface area contributed by atoms with E-state index in [2.05, 4.69) is 50.0 Å². The first-order valence-electron chi connectivity index (χ1n) is 8.04. The summed E-state index contributed by atoms with van der Waals surface area (Å²) in [5.41, 5.74) is 2.05. The van der Waals surface area contributed by atoms with Gasteiger partial charge in [-0.3, -0.25) is 4.79 Å². The molecule has 2 atom stereocenters. The van der Waals surface area contributed by atoms with Crippen LogP contribution in [0.25, 0.3) is 0 Å². The van der Waals surface area contributed by atoms with E-state index in [-0.39, 0.29) is 11.4 Å². The molecular formula is C18H26N2O. The molecule has 0 aromatic heterocycles. The number of rotatable bonds is 2. The Kier molecular flexibility index (Phi) is 3.56. The third-order valence-corrected chi connectivity index (χ3v) is 5.43. The van der Waals surface area contributed by atoms with Gasteiger partial charge in [-0.05, 0) is 49.3 Å². The van der Waals surface area contributed by atoms with Crippen molar-refractivity contribution in [3.05, 3.63) is 35.4 Å². The molecule has 2 unspecified atom stereocenters. The average Bonchev–Trinajstić information content (AvgIpc) is 3.01. The van der Waals surface area contributed by atoms with E-state index >= 15 is 0 Å². The molecule has 1 amide bonds. The Labute approximate surface area is 127 Å². The molecular weight excluding hydrogens is 260 g/mol. The van der Waals surface area contributed by atoms with E-state index in [4.69, 9.17) is 0 Å². The van der Waals surface area contributed by atoms with Crippen molar-refractivity contribution in [3.63, 3.8) is 0 Å². The van der Waals surface area contributed by atoms with Crippen molar-refractivity contribution < 1.29 is 4.79 Å². The van der Waals surface area contributed by atoms with Crippen molar-refractivity contribution in [2.24, 2.45) is 11.8 Å². The molecule has 1 aromatic rings. The topological polar surface area (TPSA) is 32.3 Å². The highest BCUT2D eigenvalue weighted by Gasteiger charge is 2.51. The van der Waals surface area contributed by atoms with Gasteiger partial charge in [0.2, 0.25) is 0 Å². The largest absolute Gasteiger partial charge is 0.333 e. The van der Waals surface area contributed by atoms with Crippen LogP contribution >= 0.6 is 0 Å². The van der Waals surface area contributed by atoms with Crippen molar-refractivity contribution in [2.45, 2.75) is 39.2 Å². The van der Waals surface area contributed by atoms with Crippen LogP contribution in [0.1, 0.15) is 49.5 Å². The van der Waals surface area contributed by atoms with Crippen LogP contribution in [0.4, 0.5) is 0 Å². The number of amides is 1. The molecule has 2 aliphatic rings. The summed E-state index contributed by atoms with van der Waals surface area (Å²) in [5, 5.41) is 3.46. The maximum absolute atomic E-state index is 12.9. The van der Waals surface area contributed by atoms with E-state index in [0.717, 1.165) is 25.2 Å². The number of benzene rings is 1. The fourth-order valence-electron chi connectivity index (χ4n) is 3.93. The molecule has 21 heavy (non-hydrogen) atoms. The zero-order valence-corrected chi connectivity index (χ0v) is 13.5. The number of carbonyl (C=O) groups is 1. The van der Waals surface area contributed by atoms with Crippen molar-refractivity contribution >= 4 is 5.91 Å².